The Morgan fingerprint density at radius 2 is 2.21 bits per heavy atom. The van der Waals surface area contributed by atoms with E-state index in [0.29, 0.717) is 22.4 Å². The molecule has 1 fully saturated rings. The van der Waals surface area contributed by atoms with Crippen LogP contribution in [0.1, 0.15) is 16.3 Å². The third-order valence-corrected chi connectivity index (χ3v) is 8.82. The van der Waals surface area contributed by atoms with Gasteiger partial charge in [-0.3, -0.25) is 14.5 Å². The summed E-state index contributed by atoms with van der Waals surface area (Å²) in [7, 11) is 2.09. The van der Waals surface area contributed by atoms with Crippen LogP contribution in [0.15, 0.2) is 27.9 Å². The summed E-state index contributed by atoms with van der Waals surface area (Å²) >= 11 is 3.93. The number of nitrogens with two attached hydrogens (primary N) is 1. The molecule has 0 aromatic carbocycles. The molecule has 0 bridgehead atoms. The molecule has 1 unspecified atom stereocenters. The summed E-state index contributed by atoms with van der Waals surface area (Å²) in [6.07, 6.45) is 0. The summed E-state index contributed by atoms with van der Waals surface area (Å²) in [6.45, 7) is 2.15. The second-order valence-corrected chi connectivity index (χ2v) is 11.4. The van der Waals surface area contributed by atoms with Gasteiger partial charge in [-0.25, -0.2) is 4.79 Å². The first-order valence-corrected chi connectivity index (χ1v) is 12.8. The number of aliphatic carboxylic acids is 1. The molecule has 2 aromatic rings. The number of aromatic nitrogens is 2. The number of carbonyl (C=O) groups is 3. The molecule has 12 nitrogen and oxygen atoms in total. The lowest BCUT2D eigenvalue weighted by Gasteiger charge is -2.49. The molecule has 1 saturated heterocycles. The van der Waals surface area contributed by atoms with E-state index in [9.17, 15) is 24.7 Å². The molecule has 15 heteroatoms. The predicted molar refractivity (Wildman–Crippen MR) is 125 cm³/mol. The molecule has 178 valence electrons. The van der Waals surface area contributed by atoms with E-state index < -0.39 is 34.9 Å². The van der Waals surface area contributed by atoms with E-state index >= 15 is 0 Å². The first-order chi connectivity index (χ1) is 16.2. The Labute approximate surface area is 205 Å². The number of carboxylic acids is 1. The van der Waals surface area contributed by atoms with Crippen molar-refractivity contribution in [1.82, 2.24) is 19.6 Å². The van der Waals surface area contributed by atoms with Crippen molar-refractivity contribution < 1.29 is 29.2 Å². The van der Waals surface area contributed by atoms with Gasteiger partial charge in [-0.05, 0) is 11.4 Å². The summed E-state index contributed by atoms with van der Waals surface area (Å²) < 4.78 is 4.49. The summed E-state index contributed by atoms with van der Waals surface area (Å²) in [5.74, 6) is -2.29. The Bertz CT molecular complexity index is 1250. The second-order valence-electron chi connectivity index (χ2n) is 8.49. The summed E-state index contributed by atoms with van der Waals surface area (Å²) in [4.78, 5) is 44.1. The van der Waals surface area contributed by atoms with Gasteiger partial charge >= 0.3 is 5.97 Å². The van der Waals surface area contributed by atoms with Crippen molar-refractivity contribution in [3.8, 4) is 0 Å². The minimum Gasteiger partial charge on any atom is -0.477 e. The number of nitrogens with zero attached hydrogens (tertiary/aromatic N) is 5. The van der Waals surface area contributed by atoms with Crippen molar-refractivity contribution in [1.29, 1.82) is 0 Å². The van der Waals surface area contributed by atoms with Crippen LogP contribution in [0.5, 0.6) is 0 Å². The smallest absolute Gasteiger partial charge is 0.352 e. The zero-order valence-corrected chi connectivity index (χ0v) is 20.2. The monoisotopic (exact) mass is 522 g/mol. The highest BCUT2D eigenvalue weighted by Crippen LogP contribution is 2.42. The molecule has 0 aliphatic carbocycles. The minimum atomic E-state index is -1.17. The van der Waals surface area contributed by atoms with Crippen LogP contribution < -0.4 is 11.1 Å². The second kappa shape index (κ2) is 8.33. The van der Waals surface area contributed by atoms with E-state index in [1.54, 1.807) is 11.3 Å². The molecule has 3 aliphatic rings. The van der Waals surface area contributed by atoms with E-state index in [-0.39, 0.29) is 16.7 Å². The maximum atomic E-state index is 12.9. The Balaban J connectivity index is 1.33. The van der Waals surface area contributed by atoms with Crippen LogP contribution in [0.25, 0.3) is 0 Å². The fraction of sp³-hybridized carbons (Fsp3) is 0.368. The van der Waals surface area contributed by atoms with Crippen molar-refractivity contribution in [2.45, 2.75) is 24.5 Å². The van der Waals surface area contributed by atoms with Crippen LogP contribution in [-0.2, 0) is 27.5 Å². The number of carbonyl (C=O) groups excluding carboxylic acids is 2. The van der Waals surface area contributed by atoms with Gasteiger partial charge < -0.3 is 25.8 Å². The Morgan fingerprint density at radius 1 is 1.41 bits per heavy atom. The van der Waals surface area contributed by atoms with Crippen LogP contribution >= 0.6 is 34.6 Å². The first kappa shape index (κ1) is 22.8. The van der Waals surface area contributed by atoms with Gasteiger partial charge in [-0.1, -0.05) is 5.16 Å². The summed E-state index contributed by atoms with van der Waals surface area (Å²) in [5.41, 5.74) is 7.00. The van der Waals surface area contributed by atoms with E-state index in [1.165, 1.54) is 27.1 Å². The summed E-state index contributed by atoms with van der Waals surface area (Å²) in [6, 6.07) is 1.14. The van der Waals surface area contributed by atoms with E-state index in [0.717, 1.165) is 24.6 Å². The number of nitrogen functional groups attached to an aromatic ring is 1. The van der Waals surface area contributed by atoms with Crippen molar-refractivity contribution in [3.05, 3.63) is 39.0 Å². The Kier molecular flexibility index (Phi) is 5.58. The van der Waals surface area contributed by atoms with Crippen molar-refractivity contribution in [2.24, 2.45) is 5.16 Å². The van der Waals surface area contributed by atoms with Crippen LogP contribution in [0, 0.1) is 0 Å². The molecule has 5 N–H and O–H groups in total. The third kappa shape index (κ3) is 3.73. The fourth-order valence-corrected chi connectivity index (χ4v) is 7.41. The number of β-lactam (4-membered cyclic amide) rings is 1. The quantitative estimate of drug-likeness (QED) is 0.137. The number of thiophene rings is 1. The highest BCUT2D eigenvalue weighted by molar-refractivity contribution is 8.00. The molecular formula is C19H20N7O5S3+. The van der Waals surface area contributed by atoms with Gasteiger partial charge in [0, 0.05) is 28.4 Å². The van der Waals surface area contributed by atoms with Crippen molar-refractivity contribution >= 4 is 63.3 Å². The number of hydrogen-bond donors (Lipinski definition) is 4. The highest BCUT2D eigenvalue weighted by Gasteiger charge is 2.55. The SMILES string of the molecule is C[N+]1(CC2=C(C(=O)O)N3C(=O)[C@@H](NC(=O)/C(=N\O)c4nsc(N)n4)[C@@H]3SC2)Cc2ccsc2C1. The number of quaternary nitrogens is 1. The van der Waals surface area contributed by atoms with E-state index in [2.05, 4.69) is 38.3 Å². The maximum absolute atomic E-state index is 12.9. The predicted octanol–water partition coefficient (Wildman–Crippen LogP) is 0.259. The molecule has 2 aromatic heterocycles. The van der Waals surface area contributed by atoms with Gasteiger partial charge in [-0.15, -0.1) is 23.1 Å². The van der Waals surface area contributed by atoms with Gasteiger partial charge in [0.1, 0.15) is 36.7 Å². The zero-order valence-electron chi connectivity index (χ0n) is 17.8. The molecule has 2 amide bonds. The lowest BCUT2D eigenvalue weighted by atomic mass is 10.0. The number of anilines is 1. The number of hydrogen-bond acceptors (Lipinski definition) is 11. The number of fused-ring (bicyclic) bond motifs is 2. The molecule has 0 saturated carbocycles. The molecule has 0 radical (unpaired) electrons. The largest absolute Gasteiger partial charge is 0.477 e. The number of thioether (sulfide) groups is 1. The lowest BCUT2D eigenvalue weighted by Crippen LogP contribution is -2.71. The third-order valence-electron chi connectivity index (χ3n) is 5.99. The minimum absolute atomic E-state index is 0.0150. The normalized spacial score (nSPS) is 26.2. The standard InChI is InChI=1S/C19H19N7O5S3/c1-26(4-8-2-3-32-10(8)6-26)5-9-7-33-17-12(16(28)25(17)13(9)18(29)30)21-15(27)11(23-31)14-22-19(20)34-24-14/h2-3,12,17H,4-7H2,1H3,(H4-,20,21,22,24,27,29,30,31)/p+1/t12-,17+,26?/m1/s1. The average Bonchev–Trinajstić information content (AvgIpc) is 3.47. The van der Waals surface area contributed by atoms with E-state index in [4.69, 9.17) is 5.73 Å². The zero-order chi connectivity index (χ0) is 24.2. The molecule has 5 heterocycles. The number of carboxylic acid groups (broad SMARTS) is 1. The van der Waals surface area contributed by atoms with E-state index in [1.807, 2.05) is 0 Å². The number of rotatable bonds is 6. The summed E-state index contributed by atoms with van der Waals surface area (Å²) in [5, 5.41) is 26.2. The van der Waals surface area contributed by atoms with Crippen LogP contribution in [0.2, 0.25) is 0 Å². The maximum Gasteiger partial charge on any atom is 0.352 e. The number of likely N-dealkylation sites (N-methyl/N-ethyl adjacent to an activating group) is 1. The first-order valence-electron chi connectivity index (χ1n) is 10.1. The molecule has 5 rings (SSSR count). The average molecular weight is 523 g/mol. The number of amides is 2. The fourth-order valence-electron chi connectivity index (χ4n) is 4.57. The van der Waals surface area contributed by atoms with Crippen LogP contribution in [0.3, 0.4) is 0 Å². The molecular weight excluding hydrogens is 502 g/mol. The van der Waals surface area contributed by atoms with Gasteiger partial charge in [0.2, 0.25) is 11.5 Å². The molecule has 34 heavy (non-hydrogen) atoms. The van der Waals surface area contributed by atoms with Gasteiger partial charge in [0.15, 0.2) is 5.13 Å². The highest BCUT2D eigenvalue weighted by atomic mass is 32.2. The van der Waals surface area contributed by atoms with Gasteiger partial charge in [0.25, 0.3) is 11.8 Å². The molecule has 3 aliphatic heterocycles. The topological polar surface area (TPSA) is 171 Å². The van der Waals surface area contributed by atoms with Crippen molar-refractivity contribution in [3.63, 3.8) is 0 Å². The van der Waals surface area contributed by atoms with Gasteiger partial charge in [0.05, 0.1) is 11.9 Å². The lowest BCUT2D eigenvalue weighted by molar-refractivity contribution is -0.924. The van der Waals surface area contributed by atoms with Crippen LogP contribution in [-0.4, -0.2) is 83.3 Å². The molecule has 3 atom stereocenters. The Hall–Kier alpha value is -3.01. The number of nitrogens with one attached hydrogen (secondary N) is 1. The van der Waals surface area contributed by atoms with Gasteiger partial charge in [-0.2, -0.15) is 9.36 Å². The van der Waals surface area contributed by atoms with Crippen molar-refractivity contribution in [2.75, 3.05) is 25.1 Å². The molecule has 0 spiro atoms. The van der Waals surface area contributed by atoms with Crippen LogP contribution in [0.4, 0.5) is 5.13 Å². The number of oxime groups is 1. The Morgan fingerprint density at radius 3 is 2.85 bits per heavy atom.